The second-order valence-electron chi connectivity index (χ2n) is 6.44. The Kier molecular flexibility index (Phi) is 6.07. The maximum absolute atomic E-state index is 3.44. The van der Waals surface area contributed by atoms with Gasteiger partial charge in [0.2, 0.25) is 0 Å². The second kappa shape index (κ2) is 7.81. The first-order valence-corrected chi connectivity index (χ1v) is 8.31. The summed E-state index contributed by atoms with van der Waals surface area (Å²) >= 11 is 0. The normalized spacial score (nSPS) is 18.7. The van der Waals surface area contributed by atoms with E-state index in [4.69, 9.17) is 0 Å². The summed E-state index contributed by atoms with van der Waals surface area (Å²) in [6.07, 6.45) is 3.77. The zero-order chi connectivity index (χ0) is 15.2. The molecule has 0 amide bonds. The molecule has 1 heterocycles. The van der Waals surface area contributed by atoms with Crippen LogP contribution in [0.25, 0.3) is 0 Å². The summed E-state index contributed by atoms with van der Waals surface area (Å²) in [5.74, 6) is 0.828. The maximum atomic E-state index is 3.44. The standard InChI is InChI=1S/C18H31N3/c1-5-17(19-2)16-8-6-7-9-18(16)21(4)14-15-10-12-20(3)13-11-15/h6-9,15,17,19H,5,10-14H2,1-4H3. The predicted molar refractivity (Wildman–Crippen MR) is 92.0 cm³/mol. The summed E-state index contributed by atoms with van der Waals surface area (Å²) in [6.45, 7) is 5.91. The van der Waals surface area contributed by atoms with Crippen LogP contribution in [-0.4, -0.2) is 45.7 Å². The van der Waals surface area contributed by atoms with Crippen molar-refractivity contribution in [2.75, 3.05) is 45.7 Å². The van der Waals surface area contributed by atoms with Gasteiger partial charge in [-0.15, -0.1) is 0 Å². The fourth-order valence-electron chi connectivity index (χ4n) is 3.44. The van der Waals surface area contributed by atoms with Gasteiger partial charge in [-0.2, -0.15) is 0 Å². The highest BCUT2D eigenvalue weighted by atomic mass is 15.1. The lowest BCUT2D eigenvalue weighted by atomic mass is 9.95. The first-order chi connectivity index (χ1) is 10.2. The minimum atomic E-state index is 0.445. The van der Waals surface area contributed by atoms with E-state index in [1.165, 1.54) is 43.7 Å². The number of hydrogen-bond donors (Lipinski definition) is 1. The van der Waals surface area contributed by atoms with Gasteiger partial charge in [0, 0.05) is 25.3 Å². The molecule has 1 saturated heterocycles. The van der Waals surface area contributed by atoms with Crippen molar-refractivity contribution >= 4 is 5.69 Å². The van der Waals surface area contributed by atoms with Crippen LogP contribution in [0, 0.1) is 5.92 Å². The fourth-order valence-corrected chi connectivity index (χ4v) is 3.44. The predicted octanol–water partition coefficient (Wildman–Crippen LogP) is 3.14. The molecule has 0 radical (unpaired) electrons. The Morgan fingerprint density at radius 1 is 1.29 bits per heavy atom. The molecule has 0 bridgehead atoms. The van der Waals surface area contributed by atoms with Gasteiger partial charge in [0.1, 0.15) is 0 Å². The van der Waals surface area contributed by atoms with E-state index in [0.717, 1.165) is 12.3 Å². The molecule has 1 aromatic carbocycles. The fraction of sp³-hybridized carbons (Fsp3) is 0.667. The molecule has 3 heteroatoms. The van der Waals surface area contributed by atoms with Crippen molar-refractivity contribution in [2.24, 2.45) is 5.92 Å². The summed E-state index contributed by atoms with van der Waals surface area (Å²) in [5.41, 5.74) is 2.82. The third kappa shape index (κ3) is 4.21. The molecule has 3 nitrogen and oxygen atoms in total. The second-order valence-corrected chi connectivity index (χ2v) is 6.44. The minimum Gasteiger partial charge on any atom is -0.374 e. The van der Waals surface area contributed by atoms with Crippen molar-refractivity contribution in [3.8, 4) is 0 Å². The smallest absolute Gasteiger partial charge is 0.0412 e. The molecule has 21 heavy (non-hydrogen) atoms. The largest absolute Gasteiger partial charge is 0.374 e. The molecule has 1 fully saturated rings. The van der Waals surface area contributed by atoms with Gasteiger partial charge in [-0.1, -0.05) is 25.1 Å². The van der Waals surface area contributed by atoms with E-state index < -0.39 is 0 Å². The van der Waals surface area contributed by atoms with Gasteiger partial charge in [0.05, 0.1) is 0 Å². The van der Waals surface area contributed by atoms with E-state index in [9.17, 15) is 0 Å². The first kappa shape index (κ1) is 16.3. The SMILES string of the molecule is CCC(NC)c1ccccc1N(C)CC1CCN(C)CC1. The van der Waals surface area contributed by atoms with Crippen LogP contribution in [0.1, 0.15) is 37.8 Å². The van der Waals surface area contributed by atoms with Crippen LogP contribution >= 0.6 is 0 Å². The molecule has 0 spiro atoms. The average molecular weight is 289 g/mol. The van der Waals surface area contributed by atoms with E-state index in [1.54, 1.807) is 0 Å². The number of rotatable bonds is 6. The Labute approximate surface area is 130 Å². The number of benzene rings is 1. The number of hydrogen-bond acceptors (Lipinski definition) is 3. The van der Waals surface area contributed by atoms with Crippen LogP contribution in [0.5, 0.6) is 0 Å². The Hall–Kier alpha value is -1.06. The van der Waals surface area contributed by atoms with Crippen molar-refractivity contribution in [1.29, 1.82) is 0 Å². The first-order valence-electron chi connectivity index (χ1n) is 8.31. The quantitative estimate of drug-likeness (QED) is 0.868. The molecule has 0 saturated carbocycles. The number of para-hydroxylation sites is 1. The lowest BCUT2D eigenvalue weighted by Gasteiger charge is -2.33. The number of nitrogens with zero attached hydrogens (tertiary/aromatic N) is 2. The zero-order valence-electron chi connectivity index (χ0n) is 14.1. The van der Waals surface area contributed by atoms with Crippen molar-refractivity contribution < 1.29 is 0 Å². The van der Waals surface area contributed by atoms with Gasteiger partial charge in [0.15, 0.2) is 0 Å². The van der Waals surface area contributed by atoms with Gasteiger partial charge < -0.3 is 15.1 Å². The Bertz CT molecular complexity index is 420. The van der Waals surface area contributed by atoms with E-state index in [2.05, 4.69) is 67.4 Å². The van der Waals surface area contributed by atoms with Gasteiger partial charge in [0.25, 0.3) is 0 Å². The lowest BCUT2D eigenvalue weighted by molar-refractivity contribution is 0.222. The highest BCUT2D eigenvalue weighted by Gasteiger charge is 2.20. The highest BCUT2D eigenvalue weighted by molar-refractivity contribution is 5.54. The van der Waals surface area contributed by atoms with Crippen molar-refractivity contribution in [3.05, 3.63) is 29.8 Å². The molecule has 118 valence electrons. The molecule has 1 unspecified atom stereocenters. The van der Waals surface area contributed by atoms with Crippen LogP contribution in [0.15, 0.2) is 24.3 Å². The third-order valence-electron chi connectivity index (χ3n) is 4.85. The summed E-state index contributed by atoms with van der Waals surface area (Å²) in [5, 5.41) is 3.44. The van der Waals surface area contributed by atoms with Gasteiger partial charge in [-0.05, 0) is 64.0 Å². The molecule has 1 atom stereocenters. The molecule has 1 aliphatic heterocycles. The molecule has 0 aromatic heterocycles. The Balaban J connectivity index is 2.06. The van der Waals surface area contributed by atoms with Crippen molar-refractivity contribution in [1.82, 2.24) is 10.2 Å². The molecule has 1 aliphatic rings. The topological polar surface area (TPSA) is 18.5 Å². The molecular weight excluding hydrogens is 258 g/mol. The van der Waals surface area contributed by atoms with E-state index in [-0.39, 0.29) is 0 Å². The van der Waals surface area contributed by atoms with Gasteiger partial charge in [-0.3, -0.25) is 0 Å². The van der Waals surface area contributed by atoms with Crippen LogP contribution in [0.2, 0.25) is 0 Å². The molecule has 1 aromatic rings. The zero-order valence-corrected chi connectivity index (χ0v) is 14.1. The van der Waals surface area contributed by atoms with Crippen LogP contribution in [-0.2, 0) is 0 Å². The van der Waals surface area contributed by atoms with E-state index in [1.807, 2.05) is 0 Å². The lowest BCUT2D eigenvalue weighted by Crippen LogP contribution is -2.36. The summed E-state index contributed by atoms with van der Waals surface area (Å²) < 4.78 is 0. The van der Waals surface area contributed by atoms with Gasteiger partial charge >= 0.3 is 0 Å². The molecule has 1 N–H and O–H groups in total. The van der Waals surface area contributed by atoms with Crippen molar-refractivity contribution in [3.63, 3.8) is 0 Å². The number of piperidine rings is 1. The third-order valence-corrected chi connectivity index (χ3v) is 4.85. The van der Waals surface area contributed by atoms with Gasteiger partial charge in [-0.25, -0.2) is 0 Å². The number of anilines is 1. The van der Waals surface area contributed by atoms with Crippen LogP contribution in [0.4, 0.5) is 5.69 Å². The Morgan fingerprint density at radius 3 is 2.57 bits per heavy atom. The molecule has 0 aliphatic carbocycles. The average Bonchev–Trinajstić information content (AvgIpc) is 2.51. The number of likely N-dealkylation sites (tertiary alicyclic amines) is 1. The molecule has 2 rings (SSSR count). The van der Waals surface area contributed by atoms with E-state index in [0.29, 0.717) is 6.04 Å². The maximum Gasteiger partial charge on any atom is 0.0412 e. The Morgan fingerprint density at radius 2 is 1.95 bits per heavy atom. The molecular formula is C18H31N3. The van der Waals surface area contributed by atoms with Crippen LogP contribution < -0.4 is 10.2 Å². The van der Waals surface area contributed by atoms with E-state index >= 15 is 0 Å². The minimum absolute atomic E-state index is 0.445. The highest BCUT2D eigenvalue weighted by Crippen LogP contribution is 2.29. The summed E-state index contributed by atoms with van der Waals surface area (Å²) in [6, 6.07) is 9.30. The number of nitrogens with one attached hydrogen (secondary N) is 1. The monoisotopic (exact) mass is 289 g/mol. The van der Waals surface area contributed by atoms with Crippen LogP contribution in [0.3, 0.4) is 0 Å². The van der Waals surface area contributed by atoms with Crippen molar-refractivity contribution in [2.45, 2.75) is 32.2 Å². The summed E-state index contributed by atoms with van der Waals surface area (Å²) in [7, 11) is 6.54. The summed E-state index contributed by atoms with van der Waals surface area (Å²) in [4.78, 5) is 4.91.